The fourth-order valence-corrected chi connectivity index (χ4v) is 7.42. The van der Waals surface area contributed by atoms with Crippen molar-refractivity contribution in [2.45, 2.75) is 24.3 Å². The SMILES string of the molecule is CC(=O)O[C@@H]1[C@H](Br)[C@@H]2C[C@H]1[C@@H]1CS(=O)(=O)C[C@@H]12. The van der Waals surface area contributed by atoms with Gasteiger partial charge in [0.2, 0.25) is 0 Å². The second kappa shape index (κ2) is 3.70. The second-order valence-electron chi connectivity index (χ2n) is 5.49. The first-order valence-corrected chi connectivity index (χ1v) is 8.64. The van der Waals surface area contributed by atoms with Crippen LogP contribution in [0.25, 0.3) is 0 Å². The minimum atomic E-state index is -2.87. The van der Waals surface area contributed by atoms with E-state index in [2.05, 4.69) is 15.9 Å². The van der Waals surface area contributed by atoms with E-state index in [1.807, 2.05) is 0 Å². The van der Waals surface area contributed by atoms with Gasteiger partial charge in [-0.2, -0.15) is 0 Å². The fourth-order valence-electron chi connectivity index (χ4n) is 4.02. The first-order valence-electron chi connectivity index (χ1n) is 5.91. The summed E-state index contributed by atoms with van der Waals surface area (Å²) in [5.74, 6) is 1.42. The number of hydrogen-bond donors (Lipinski definition) is 0. The molecule has 0 unspecified atom stereocenters. The highest BCUT2D eigenvalue weighted by Crippen LogP contribution is 2.58. The number of fused-ring (bicyclic) bond motifs is 5. The average Bonchev–Trinajstić information content (AvgIpc) is 2.74. The van der Waals surface area contributed by atoms with Crippen molar-refractivity contribution < 1.29 is 17.9 Å². The topological polar surface area (TPSA) is 60.4 Å². The van der Waals surface area contributed by atoms with Gasteiger partial charge in [0.1, 0.15) is 6.10 Å². The number of hydrogen-bond acceptors (Lipinski definition) is 4. The van der Waals surface area contributed by atoms with Gasteiger partial charge in [-0.05, 0) is 24.2 Å². The van der Waals surface area contributed by atoms with Crippen LogP contribution in [-0.4, -0.2) is 36.8 Å². The van der Waals surface area contributed by atoms with E-state index in [0.29, 0.717) is 11.7 Å². The van der Waals surface area contributed by atoms with Crippen molar-refractivity contribution in [1.82, 2.24) is 0 Å². The van der Waals surface area contributed by atoms with Crippen LogP contribution in [0.1, 0.15) is 13.3 Å². The maximum Gasteiger partial charge on any atom is 0.302 e. The van der Waals surface area contributed by atoms with Crippen molar-refractivity contribution in [3.8, 4) is 0 Å². The molecule has 0 spiro atoms. The van der Waals surface area contributed by atoms with Crippen LogP contribution in [0.3, 0.4) is 0 Å². The zero-order valence-electron chi connectivity index (χ0n) is 9.50. The van der Waals surface area contributed by atoms with Gasteiger partial charge < -0.3 is 4.74 Å². The molecule has 1 saturated heterocycles. The van der Waals surface area contributed by atoms with Crippen molar-refractivity contribution >= 4 is 31.7 Å². The summed E-state index contributed by atoms with van der Waals surface area (Å²) in [6.45, 7) is 1.41. The quantitative estimate of drug-likeness (QED) is 0.533. The average molecular weight is 323 g/mol. The predicted octanol–water partition coefficient (Wildman–Crippen LogP) is 0.992. The van der Waals surface area contributed by atoms with Crippen molar-refractivity contribution in [3.05, 3.63) is 0 Å². The van der Waals surface area contributed by atoms with Gasteiger partial charge in [0.25, 0.3) is 0 Å². The summed E-state index contributed by atoms with van der Waals surface area (Å²) in [7, 11) is -2.87. The fraction of sp³-hybridized carbons (Fsp3) is 0.909. The van der Waals surface area contributed by atoms with Gasteiger partial charge >= 0.3 is 5.97 Å². The lowest BCUT2D eigenvalue weighted by atomic mass is 9.80. The monoisotopic (exact) mass is 322 g/mol. The summed E-state index contributed by atoms with van der Waals surface area (Å²) < 4.78 is 28.7. The van der Waals surface area contributed by atoms with Gasteiger partial charge in [-0.25, -0.2) is 8.42 Å². The molecule has 4 nitrogen and oxygen atoms in total. The Morgan fingerprint density at radius 2 is 1.76 bits per heavy atom. The van der Waals surface area contributed by atoms with Gasteiger partial charge in [-0.3, -0.25) is 4.79 Å². The molecule has 0 aromatic rings. The molecule has 1 heterocycles. The summed E-state index contributed by atoms with van der Waals surface area (Å²) in [5.41, 5.74) is 0. The number of alkyl halides is 1. The Balaban J connectivity index is 1.86. The van der Waals surface area contributed by atoms with Crippen molar-refractivity contribution in [2.75, 3.05) is 11.5 Å². The minimum absolute atomic E-state index is 0.131. The number of carbonyl (C=O) groups excluding carboxylic acids is 1. The Morgan fingerprint density at radius 1 is 1.18 bits per heavy atom. The van der Waals surface area contributed by atoms with Gasteiger partial charge in [0, 0.05) is 12.8 Å². The summed E-state index contributed by atoms with van der Waals surface area (Å²) >= 11 is 3.59. The van der Waals surface area contributed by atoms with Gasteiger partial charge in [0.15, 0.2) is 9.84 Å². The van der Waals surface area contributed by atoms with Gasteiger partial charge in [0.05, 0.1) is 16.3 Å². The smallest absolute Gasteiger partial charge is 0.302 e. The number of esters is 1. The standard InChI is InChI=1S/C11H15BrO4S/c1-5(13)16-11-7-2-6(10(11)12)8-3-17(14,15)4-9(7)8/h6-11H,2-4H2,1H3/t6-,7+,8-,9+,10-,11+/m1/s1. The van der Waals surface area contributed by atoms with Crippen LogP contribution in [0.15, 0.2) is 0 Å². The third-order valence-electron chi connectivity index (χ3n) is 4.53. The molecule has 96 valence electrons. The normalized spacial score (nSPS) is 50.2. The molecule has 2 aliphatic carbocycles. The highest BCUT2D eigenvalue weighted by molar-refractivity contribution is 9.09. The second-order valence-corrected chi connectivity index (χ2v) is 8.70. The van der Waals surface area contributed by atoms with Crippen LogP contribution in [0.5, 0.6) is 0 Å². The maximum atomic E-state index is 11.7. The molecule has 0 N–H and O–H groups in total. The summed E-state index contributed by atoms with van der Waals surface area (Å²) in [4.78, 5) is 11.2. The summed E-state index contributed by atoms with van der Waals surface area (Å²) in [6.07, 6.45) is 0.866. The summed E-state index contributed by atoms with van der Waals surface area (Å²) in [6, 6.07) is 0. The molecule has 2 bridgehead atoms. The third kappa shape index (κ3) is 1.75. The molecule has 2 saturated carbocycles. The Labute approximate surface area is 109 Å². The van der Waals surface area contributed by atoms with Crippen LogP contribution in [0.4, 0.5) is 0 Å². The number of halogens is 1. The van der Waals surface area contributed by atoms with Crippen LogP contribution >= 0.6 is 15.9 Å². The van der Waals surface area contributed by atoms with E-state index in [4.69, 9.17) is 4.74 Å². The van der Waals surface area contributed by atoms with E-state index in [1.165, 1.54) is 6.92 Å². The molecular weight excluding hydrogens is 308 g/mol. The molecular formula is C11H15BrO4S. The Kier molecular flexibility index (Phi) is 2.60. The Bertz CT molecular complexity index is 460. The molecule has 3 rings (SSSR count). The molecule has 0 amide bonds. The molecule has 6 heteroatoms. The van der Waals surface area contributed by atoms with E-state index in [-0.39, 0.29) is 40.4 Å². The lowest BCUT2D eigenvalue weighted by Gasteiger charge is -2.33. The lowest BCUT2D eigenvalue weighted by molar-refractivity contribution is -0.149. The van der Waals surface area contributed by atoms with E-state index in [1.54, 1.807) is 0 Å². The molecule has 17 heavy (non-hydrogen) atoms. The highest BCUT2D eigenvalue weighted by atomic mass is 79.9. The number of sulfone groups is 1. The highest BCUT2D eigenvalue weighted by Gasteiger charge is 2.62. The van der Waals surface area contributed by atoms with Crippen molar-refractivity contribution in [2.24, 2.45) is 23.7 Å². The predicted molar refractivity (Wildman–Crippen MR) is 65.5 cm³/mol. The zero-order valence-corrected chi connectivity index (χ0v) is 11.9. The van der Waals surface area contributed by atoms with Crippen molar-refractivity contribution in [1.29, 1.82) is 0 Å². The van der Waals surface area contributed by atoms with E-state index in [9.17, 15) is 13.2 Å². The van der Waals surface area contributed by atoms with Gasteiger partial charge in [-0.1, -0.05) is 15.9 Å². The molecule has 0 aromatic heterocycles. The van der Waals surface area contributed by atoms with Crippen LogP contribution < -0.4 is 0 Å². The first-order chi connectivity index (χ1) is 7.89. The molecule has 6 atom stereocenters. The van der Waals surface area contributed by atoms with Crippen LogP contribution in [0, 0.1) is 23.7 Å². The largest absolute Gasteiger partial charge is 0.461 e. The van der Waals surface area contributed by atoms with Crippen molar-refractivity contribution in [3.63, 3.8) is 0 Å². The molecule has 0 aromatic carbocycles. The molecule has 1 aliphatic heterocycles. The third-order valence-corrected chi connectivity index (χ3v) is 7.52. The van der Waals surface area contributed by atoms with E-state index >= 15 is 0 Å². The minimum Gasteiger partial charge on any atom is -0.461 e. The molecule has 3 fully saturated rings. The number of carbonyl (C=O) groups is 1. The Hall–Kier alpha value is -0.100. The Morgan fingerprint density at radius 3 is 2.35 bits per heavy atom. The lowest BCUT2D eigenvalue weighted by Crippen LogP contribution is -2.40. The zero-order chi connectivity index (χ0) is 12.4. The number of rotatable bonds is 1. The summed E-state index contributed by atoms with van der Waals surface area (Å²) in [5, 5.41) is 0. The molecule has 0 radical (unpaired) electrons. The van der Waals surface area contributed by atoms with E-state index in [0.717, 1.165) is 6.42 Å². The van der Waals surface area contributed by atoms with Crippen LogP contribution in [0.2, 0.25) is 0 Å². The van der Waals surface area contributed by atoms with Crippen LogP contribution in [-0.2, 0) is 19.4 Å². The van der Waals surface area contributed by atoms with Gasteiger partial charge in [-0.15, -0.1) is 0 Å². The number of ether oxygens (including phenoxy) is 1. The van der Waals surface area contributed by atoms with E-state index < -0.39 is 9.84 Å². The maximum absolute atomic E-state index is 11.7. The molecule has 3 aliphatic rings. The first kappa shape index (κ1) is 12.0.